The van der Waals surface area contributed by atoms with E-state index in [2.05, 4.69) is 15.5 Å². The highest BCUT2D eigenvalue weighted by Crippen LogP contribution is 2.30. The first-order valence-corrected chi connectivity index (χ1v) is 11.9. The third kappa shape index (κ3) is 6.00. The zero-order valence-corrected chi connectivity index (χ0v) is 20.0. The van der Waals surface area contributed by atoms with Gasteiger partial charge in [-0.3, -0.25) is 9.59 Å². The molecule has 31 heavy (non-hydrogen) atoms. The topological polar surface area (TPSA) is 103 Å². The first kappa shape index (κ1) is 23.6. The molecule has 0 aliphatic carbocycles. The molecule has 0 spiro atoms. The fraction of sp³-hybridized carbons (Fsp3) is 0.300. The van der Waals surface area contributed by atoms with Crippen LogP contribution in [-0.2, 0) is 16.1 Å². The molecule has 0 bridgehead atoms. The Morgan fingerprint density at radius 3 is 2.68 bits per heavy atom. The highest BCUT2D eigenvalue weighted by molar-refractivity contribution is 8.00. The average molecular weight is 498 g/mol. The molecule has 0 saturated carbocycles. The Labute approximate surface area is 198 Å². The lowest BCUT2D eigenvalue weighted by Gasteiger charge is -2.19. The predicted octanol–water partition coefficient (Wildman–Crippen LogP) is 4.55. The Balaban J connectivity index is 1.73. The quantitative estimate of drug-likeness (QED) is 0.422. The van der Waals surface area contributed by atoms with E-state index in [1.807, 2.05) is 29.0 Å². The number of aromatic nitrogens is 3. The summed E-state index contributed by atoms with van der Waals surface area (Å²) >= 11 is 15.0. The minimum atomic E-state index is -0.457. The summed E-state index contributed by atoms with van der Waals surface area (Å²) < 4.78 is 1.82. The van der Waals surface area contributed by atoms with Crippen molar-refractivity contribution in [2.45, 2.75) is 43.3 Å². The summed E-state index contributed by atoms with van der Waals surface area (Å²) in [6.07, 6.45) is 0.149. The van der Waals surface area contributed by atoms with Crippen LogP contribution in [0.2, 0.25) is 10.0 Å². The molecule has 7 nitrogen and oxygen atoms in total. The number of carbonyl (C=O) groups excluding carboxylic acids is 2. The van der Waals surface area contributed by atoms with Crippen molar-refractivity contribution in [2.24, 2.45) is 5.73 Å². The molecule has 0 aliphatic rings. The van der Waals surface area contributed by atoms with E-state index in [9.17, 15) is 9.59 Å². The number of thiophene rings is 1. The van der Waals surface area contributed by atoms with Gasteiger partial charge in [-0.05, 0) is 43.0 Å². The second-order valence-electron chi connectivity index (χ2n) is 6.81. The first-order chi connectivity index (χ1) is 14.8. The molecule has 3 N–H and O–H groups in total. The van der Waals surface area contributed by atoms with Gasteiger partial charge in [0.05, 0.1) is 16.2 Å². The number of hydrogen-bond donors (Lipinski definition) is 2. The van der Waals surface area contributed by atoms with Gasteiger partial charge in [0.2, 0.25) is 11.8 Å². The zero-order valence-electron chi connectivity index (χ0n) is 16.8. The smallest absolute Gasteiger partial charge is 0.233 e. The van der Waals surface area contributed by atoms with Crippen LogP contribution in [0, 0.1) is 0 Å². The van der Waals surface area contributed by atoms with E-state index >= 15 is 0 Å². The van der Waals surface area contributed by atoms with E-state index < -0.39 is 11.2 Å². The van der Waals surface area contributed by atoms with E-state index in [1.165, 1.54) is 23.1 Å². The molecule has 1 aromatic carbocycles. The van der Waals surface area contributed by atoms with Gasteiger partial charge in [0.25, 0.3) is 0 Å². The SMILES string of the molecule is CC(Sc1nnc(-c2cccs2)n1CCC(N)=O)C(=O)NC(C)c1ccc(Cl)cc1Cl. The van der Waals surface area contributed by atoms with E-state index in [4.69, 9.17) is 28.9 Å². The van der Waals surface area contributed by atoms with Crippen molar-refractivity contribution in [3.8, 4) is 10.7 Å². The highest BCUT2D eigenvalue weighted by atomic mass is 35.5. The van der Waals surface area contributed by atoms with E-state index in [1.54, 1.807) is 25.1 Å². The predicted molar refractivity (Wildman–Crippen MR) is 125 cm³/mol. The maximum atomic E-state index is 12.8. The number of halogens is 2. The summed E-state index contributed by atoms with van der Waals surface area (Å²) in [4.78, 5) is 25.0. The van der Waals surface area contributed by atoms with Gasteiger partial charge in [0.1, 0.15) is 0 Å². The fourth-order valence-electron chi connectivity index (χ4n) is 2.86. The second kappa shape index (κ2) is 10.5. The van der Waals surface area contributed by atoms with Crippen molar-refractivity contribution >= 4 is 58.1 Å². The number of thioether (sulfide) groups is 1. The number of nitrogens with one attached hydrogen (secondary N) is 1. The van der Waals surface area contributed by atoms with Gasteiger partial charge < -0.3 is 15.6 Å². The number of rotatable bonds is 9. The number of nitrogens with two attached hydrogens (primary N) is 1. The molecule has 0 aliphatic heterocycles. The maximum Gasteiger partial charge on any atom is 0.233 e. The van der Waals surface area contributed by atoms with Crippen molar-refractivity contribution in [1.82, 2.24) is 20.1 Å². The van der Waals surface area contributed by atoms with Crippen molar-refractivity contribution in [1.29, 1.82) is 0 Å². The Hall–Kier alpha value is -2.07. The molecule has 3 aromatic rings. The van der Waals surface area contributed by atoms with Gasteiger partial charge in [-0.25, -0.2) is 0 Å². The molecule has 2 atom stereocenters. The summed E-state index contributed by atoms with van der Waals surface area (Å²) in [6, 6.07) is 8.72. The molecular weight excluding hydrogens is 477 g/mol. The maximum absolute atomic E-state index is 12.8. The molecule has 11 heteroatoms. The van der Waals surface area contributed by atoms with Crippen molar-refractivity contribution in [2.75, 3.05) is 0 Å². The van der Waals surface area contributed by atoms with Crippen LogP contribution in [0.5, 0.6) is 0 Å². The highest BCUT2D eigenvalue weighted by Gasteiger charge is 2.23. The molecule has 0 radical (unpaired) electrons. The van der Waals surface area contributed by atoms with Crippen LogP contribution < -0.4 is 11.1 Å². The lowest BCUT2D eigenvalue weighted by atomic mass is 10.1. The van der Waals surface area contributed by atoms with Crippen molar-refractivity contribution in [3.63, 3.8) is 0 Å². The molecular formula is C20H21Cl2N5O2S2. The number of primary amides is 1. The van der Waals surface area contributed by atoms with Gasteiger partial charge >= 0.3 is 0 Å². The largest absolute Gasteiger partial charge is 0.370 e. The molecule has 164 valence electrons. The summed E-state index contributed by atoms with van der Waals surface area (Å²) in [7, 11) is 0. The zero-order chi connectivity index (χ0) is 22.5. The van der Waals surface area contributed by atoms with Crippen LogP contribution in [0.3, 0.4) is 0 Å². The standard InChI is InChI=1S/C20H21Cl2N5O2S2/c1-11(14-6-5-13(21)10-15(14)22)24-19(29)12(2)31-20-26-25-18(16-4-3-9-30-16)27(20)8-7-17(23)28/h3-6,9-12H,7-8H2,1-2H3,(H2,23,28)(H,24,29). The molecule has 2 amide bonds. The Bertz CT molecular complexity index is 1070. The van der Waals surface area contributed by atoms with Crippen LogP contribution in [0.4, 0.5) is 0 Å². The lowest BCUT2D eigenvalue weighted by molar-refractivity contribution is -0.121. The monoisotopic (exact) mass is 497 g/mol. The minimum absolute atomic E-state index is 0.149. The van der Waals surface area contributed by atoms with Gasteiger partial charge in [0, 0.05) is 23.0 Å². The van der Waals surface area contributed by atoms with E-state index in [0.717, 1.165) is 10.4 Å². The molecule has 2 aromatic heterocycles. The Kier molecular flexibility index (Phi) is 7.99. The van der Waals surface area contributed by atoms with E-state index in [0.29, 0.717) is 27.6 Å². The van der Waals surface area contributed by atoms with Crippen LogP contribution in [0.25, 0.3) is 10.7 Å². The van der Waals surface area contributed by atoms with Crippen LogP contribution >= 0.6 is 46.3 Å². The van der Waals surface area contributed by atoms with Gasteiger partial charge in [-0.1, -0.05) is 47.1 Å². The summed E-state index contributed by atoms with van der Waals surface area (Å²) in [5, 5.41) is 14.5. The molecule has 3 rings (SSSR count). The molecule has 2 heterocycles. The second-order valence-corrected chi connectivity index (χ2v) is 9.91. The number of benzene rings is 1. The number of amides is 2. The van der Waals surface area contributed by atoms with Gasteiger partial charge in [0.15, 0.2) is 11.0 Å². The Morgan fingerprint density at radius 2 is 2.03 bits per heavy atom. The molecule has 0 saturated heterocycles. The van der Waals surface area contributed by atoms with Gasteiger partial charge in [-0.15, -0.1) is 21.5 Å². The normalized spacial score (nSPS) is 13.0. The van der Waals surface area contributed by atoms with Crippen LogP contribution in [-0.4, -0.2) is 31.8 Å². The van der Waals surface area contributed by atoms with Crippen molar-refractivity contribution in [3.05, 3.63) is 51.3 Å². The Morgan fingerprint density at radius 1 is 1.26 bits per heavy atom. The molecule has 2 unspecified atom stereocenters. The van der Waals surface area contributed by atoms with E-state index in [-0.39, 0.29) is 18.4 Å². The lowest BCUT2D eigenvalue weighted by Crippen LogP contribution is -2.33. The summed E-state index contributed by atoms with van der Waals surface area (Å²) in [6.45, 7) is 3.98. The van der Waals surface area contributed by atoms with Gasteiger partial charge in [-0.2, -0.15) is 0 Å². The molecule has 0 fully saturated rings. The number of nitrogens with zero attached hydrogens (tertiary/aromatic N) is 3. The number of hydrogen-bond acceptors (Lipinski definition) is 6. The first-order valence-electron chi connectivity index (χ1n) is 9.43. The van der Waals surface area contributed by atoms with Crippen LogP contribution in [0.1, 0.15) is 31.9 Å². The number of carbonyl (C=O) groups is 2. The summed E-state index contributed by atoms with van der Waals surface area (Å²) in [5.41, 5.74) is 6.11. The third-order valence-electron chi connectivity index (χ3n) is 4.48. The fourth-order valence-corrected chi connectivity index (χ4v) is 5.03. The summed E-state index contributed by atoms with van der Waals surface area (Å²) in [5.74, 6) is 0.0551. The third-order valence-corrected chi connectivity index (χ3v) is 6.99. The van der Waals surface area contributed by atoms with Crippen molar-refractivity contribution < 1.29 is 9.59 Å². The minimum Gasteiger partial charge on any atom is -0.370 e. The average Bonchev–Trinajstić information content (AvgIpc) is 3.35. The van der Waals surface area contributed by atoms with Crippen LogP contribution in [0.15, 0.2) is 40.9 Å².